The van der Waals surface area contributed by atoms with E-state index in [4.69, 9.17) is 10.5 Å². The Labute approximate surface area is 112 Å². The molecule has 1 aromatic heterocycles. The molecule has 2 unspecified atom stereocenters. The van der Waals surface area contributed by atoms with E-state index in [2.05, 4.69) is 23.5 Å². The number of aromatic nitrogens is 1. The number of nitrogens with two attached hydrogens (primary N) is 1. The fourth-order valence-electron chi connectivity index (χ4n) is 2.87. The van der Waals surface area contributed by atoms with Gasteiger partial charge in [-0.15, -0.1) is 0 Å². The number of nitrogens with one attached hydrogen (secondary N) is 1. The highest BCUT2D eigenvalue weighted by Gasteiger charge is 2.49. The van der Waals surface area contributed by atoms with Crippen LogP contribution in [0, 0.1) is 5.41 Å². The van der Waals surface area contributed by atoms with Gasteiger partial charge in [-0.1, -0.05) is 13.8 Å². The lowest BCUT2D eigenvalue weighted by Crippen LogP contribution is -2.57. The third-order valence-corrected chi connectivity index (χ3v) is 5.32. The Morgan fingerprint density at radius 2 is 2.17 bits per heavy atom. The van der Waals surface area contributed by atoms with Crippen LogP contribution >= 0.6 is 11.5 Å². The molecule has 5 heteroatoms. The maximum atomic E-state index is 5.97. The van der Waals surface area contributed by atoms with Crippen molar-refractivity contribution in [3.8, 4) is 0 Å². The van der Waals surface area contributed by atoms with Gasteiger partial charge in [0.15, 0.2) is 0 Å². The topological polar surface area (TPSA) is 60.2 Å². The van der Waals surface area contributed by atoms with Crippen LogP contribution in [0.3, 0.4) is 0 Å². The summed E-state index contributed by atoms with van der Waals surface area (Å²) in [6.45, 7) is 4.51. The van der Waals surface area contributed by atoms with Gasteiger partial charge in [-0.3, -0.25) is 0 Å². The van der Waals surface area contributed by atoms with E-state index < -0.39 is 0 Å². The average molecular weight is 267 g/mol. The van der Waals surface area contributed by atoms with Crippen molar-refractivity contribution in [1.82, 2.24) is 4.37 Å². The molecule has 0 amide bonds. The highest BCUT2D eigenvalue weighted by Crippen LogP contribution is 2.50. The van der Waals surface area contributed by atoms with Gasteiger partial charge < -0.3 is 15.8 Å². The Morgan fingerprint density at radius 1 is 1.44 bits per heavy atom. The molecular formula is C13H21N3OS. The molecule has 2 fully saturated rings. The average Bonchev–Trinajstić information content (AvgIpc) is 3.09. The first-order valence-electron chi connectivity index (χ1n) is 6.58. The molecule has 0 saturated heterocycles. The molecule has 100 valence electrons. The minimum absolute atomic E-state index is 0.175. The van der Waals surface area contributed by atoms with E-state index in [1.807, 2.05) is 0 Å². The van der Waals surface area contributed by atoms with E-state index in [0.29, 0.717) is 18.1 Å². The molecule has 3 N–H and O–H groups in total. The summed E-state index contributed by atoms with van der Waals surface area (Å²) in [5.41, 5.74) is 7.41. The van der Waals surface area contributed by atoms with Crippen LogP contribution in [0.15, 0.2) is 0 Å². The van der Waals surface area contributed by atoms with Crippen molar-refractivity contribution in [2.75, 3.05) is 18.2 Å². The molecule has 0 bridgehead atoms. The number of hydrogen-bond donors (Lipinski definition) is 2. The SMILES string of the molecule is COC1CC(Nc2snc(N)c2C2CC2)C1(C)C. The van der Waals surface area contributed by atoms with E-state index in [1.165, 1.54) is 34.9 Å². The van der Waals surface area contributed by atoms with Crippen molar-refractivity contribution in [2.45, 2.75) is 51.2 Å². The summed E-state index contributed by atoms with van der Waals surface area (Å²) in [6, 6.07) is 0.458. The van der Waals surface area contributed by atoms with Crippen molar-refractivity contribution in [2.24, 2.45) is 5.41 Å². The molecule has 2 atom stereocenters. The highest BCUT2D eigenvalue weighted by molar-refractivity contribution is 7.10. The molecule has 0 spiro atoms. The molecule has 4 nitrogen and oxygen atoms in total. The fraction of sp³-hybridized carbons (Fsp3) is 0.769. The fourth-order valence-corrected chi connectivity index (χ4v) is 3.72. The van der Waals surface area contributed by atoms with E-state index >= 15 is 0 Å². The predicted octanol–water partition coefficient (Wildman–Crippen LogP) is 2.83. The molecule has 2 aliphatic rings. The third-order valence-electron chi connectivity index (χ3n) is 4.51. The maximum absolute atomic E-state index is 5.97. The predicted molar refractivity (Wildman–Crippen MR) is 75.1 cm³/mol. The minimum atomic E-state index is 0.175. The van der Waals surface area contributed by atoms with Gasteiger partial charge in [0.1, 0.15) is 10.8 Å². The van der Waals surface area contributed by atoms with Crippen LogP contribution in [0.5, 0.6) is 0 Å². The summed E-state index contributed by atoms with van der Waals surface area (Å²) in [7, 11) is 1.79. The minimum Gasteiger partial charge on any atom is -0.383 e. The Balaban J connectivity index is 1.74. The molecule has 2 aliphatic carbocycles. The zero-order valence-electron chi connectivity index (χ0n) is 11.2. The van der Waals surface area contributed by atoms with E-state index in [9.17, 15) is 0 Å². The second kappa shape index (κ2) is 4.10. The first kappa shape index (κ1) is 12.2. The Kier molecular flexibility index (Phi) is 2.79. The van der Waals surface area contributed by atoms with Gasteiger partial charge in [0.05, 0.1) is 6.10 Å². The Hall–Kier alpha value is -0.810. The summed E-state index contributed by atoms with van der Waals surface area (Å²) in [6.07, 6.45) is 3.92. The summed E-state index contributed by atoms with van der Waals surface area (Å²) < 4.78 is 9.79. The Bertz CT molecular complexity index is 453. The number of ether oxygens (including phenoxy) is 1. The molecule has 3 rings (SSSR count). The summed E-state index contributed by atoms with van der Waals surface area (Å²) in [5.74, 6) is 1.37. The third kappa shape index (κ3) is 1.80. The van der Waals surface area contributed by atoms with Gasteiger partial charge in [0, 0.05) is 24.1 Å². The molecule has 18 heavy (non-hydrogen) atoms. The van der Waals surface area contributed by atoms with Gasteiger partial charge in [-0.2, -0.15) is 4.37 Å². The van der Waals surface area contributed by atoms with E-state index in [0.717, 1.165) is 12.2 Å². The normalized spacial score (nSPS) is 29.9. The van der Waals surface area contributed by atoms with Crippen LogP contribution < -0.4 is 11.1 Å². The molecule has 0 aromatic carbocycles. The highest BCUT2D eigenvalue weighted by atomic mass is 32.1. The van der Waals surface area contributed by atoms with Gasteiger partial charge in [0.2, 0.25) is 0 Å². The number of hydrogen-bond acceptors (Lipinski definition) is 5. The van der Waals surface area contributed by atoms with Gasteiger partial charge in [0.25, 0.3) is 0 Å². The van der Waals surface area contributed by atoms with Crippen LogP contribution in [0.25, 0.3) is 0 Å². The zero-order chi connectivity index (χ0) is 12.9. The molecular weight excluding hydrogens is 246 g/mol. The van der Waals surface area contributed by atoms with Crippen LogP contribution in [0.2, 0.25) is 0 Å². The summed E-state index contributed by atoms with van der Waals surface area (Å²) in [5, 5.41) is 4.82. The molecule has 0 radical (unpaired) electrons. The number of anilines is 2. The number of nitrogen functional groups attached to an aromatic ring is 1. The quantitative estimate of drug-likeness (QED) is 0.880. The lowest BCUT2D eigenvalue weighted by molar-refractivity contribution is -0.0793. The lowest BCUT2D eigenvalue weighted by atomic mass is 9.64. The number of nitrogens with zero attached hydrogens (tertiary/aromatic N) is 1. The van der Waals surface area contributed by atoms with Crippen molar-refractivity contribution < 1.29 is 4.74 Å². The maximum Gasteiger partial charge on any atom is 0.142 e. The van der Waals surface area contributed by atoms with Gasteiger partial charge >= 0.3 is 0 Å². The second-order valence-corrected chi connectivity index (χ2v) is 6.84. The van der Waals surface area contributed by atoms with Gasteiger partial charge in [-0.25, -0.2) is 0 Å². The molecule has 0 aliphatic heterocycles. The summed E-state index contributed by atoms with van der Waals surface area (Å²) >= 11 is 1.50. The van der Waals surface area contributed by atoms with E-state index in [-0.39, 0.29) is 5.41 Å². The van der Waals surface area contributed by atoms with E-state index in [1.54, 1.807) is 7.11 Å². The van der Waals surface area contributed by atoms with Crippen LogP contribution in [-0.4, -0.2) is 23.6 Å². The monoisotopic (exact) mass is 267 g/mol. The van der Waals surface area contributed by atoms with Gasteiger partial charge in [-0.05, 0) is 36.7 Å². The first-order chi connectivity index (χ1) is 8.54. The van der Waals surface area contributed by atoms with Crippen molar-refractivity contribution >= 4 is 22.4 Å². The zero-order valence-corrected chi connectivity index (χ0v) is 12.0. The largest absolute Gasteiger partial charge is 0.383 e. The van der Waals surface area contributed by atoms with Crippen LogP contribution in [0.4, 0.5) is 10.8 Å². The standard InChI is InChI=1S/C13H21N3OS/c1-13(2)8(6-9(13)17-3)15-12-10(7-4-5-7)11(14)16-18-12/h7-9,15H,4-6H2,1-3H3,(H2,14,16). The number of methoxy groups -OCH3 is 1. The molecule has 1 heterocycles. The lowest BCUT2D eigenvalue weighted by Gasteiger charge is -2.51. The van der Waals surface area contributed by atoms with Crippen molar-refractivity contribution in [3.05, 3.63) is 5.56 Å². The van der Waals surface area contributed by atoms with Crippen LogP contribution in [-0.2, 0) is 4.74 Å². The van der Waals surface area contributed by atoms with Crippen molar-refractivity contribution in [3.63, 3.8) is 0 Å². The smallest absolute Gasteiger partial charge is 0.142 e. The number of rotatable bonds is 4. The molecule has 2 saturated carbocycles. The second-order valence-electron chi connectivity index (χ2n) is 6.06. The van der Waals surface area contributed by atoms with Crippen molar-refractivity contribution in [1.29, 1.82) is 0 Å². The molecule has 1 aromatic rings. The van der Waals surface area contributed by atoms with Crippen LogP contribution in [0.1, 0.15) is 44.6 Å². The first-order valence-corrected chi connectivity index (χ1v) is 7.35. The Morgan fingerprint density at radius 3 is 2.72 bits per heavy atom. The summed E-state index contributed by atoms with van der Waals surface area (Å²) in [4.78, 5) is 0.